The summed E-state index contributed by atoms with van der Waals surface area (Å²) >= 11 is 5.82. The lowest BCUT2D eigenvalue weighted by Gasteiger charge is -2.12. The Labute approximate surface area is 195 Å². The van der Waals surface area contributed by atoms with Gasteiger partial charge < -0.3 is 19.5 Å². The molecule has 4 rings (SSSR count). The summed E-state index contributed by atoms with van der Waals surface area (Å²) in [6.07, 6.45) is 0. The highest BCUT2D eigenvalue weighted by atomic mass is 35.5. The normalized spacial score (nSPS) is 11.4. The van der Waals surface area contributed by atoms with Crippen molar-refractivity contribution >= 4 is 34.8 Å². The van der Waals surface area contributed by atoms with E-state index in [1.165, 1.54) is 0 Å². The largest absolute Gasteiger partial charge is 0.484 e. The maximum absolute atomic E-state index is 12.4. The Morgan fingerprint density at radius 3 is 2.36 bits per heavy atom. The summed E-state index contributed by atoms with van der Waals surface area (Å²) in [7, 11) is 0. The van der Waals surface area contributed by atoms with Crippen LogP contribution in [0.15, 0.2) is 73.3 Å². The molecule has 0 aromatic heterocycles. The lowest BCUT2D eigenvalue weighted by molar-refractivity contribution is -0.118. The van der Waals surface area contributed by atoms with Gasteiger partial charge in [0, 0.05) is 16.3 Å². The first-order valence-corrected chi connectivity index (χ1v) is 10.3. The summed E-state index contributed by atoms with van der Waals surface area (Å²) in [4.78, 5) is 24.5. The molecule has 3 N–H and O–H groups in total. The molecule has 168 valence electrons. The quantitative estimate of drug-likeness (QED) is 0.435. The lowest BCUT2D eigenvalue weighted by atomic mass is 10.1. The number of anilines is 1. The van der Waals surface area contributed by atoms with Gasteiger partial charge >= 0.3 is 0 Å². The van der Waals surface area contributed by atoms with Gasteiger partial charge in [0.15, 0.2) is 18.1 Å². The second-order valence-corrected chi connectivity index (χ2v) is 7.43. The predicted octanol–water partition coefficient (Wildman–Crippen LogP) is 3.99. The van der Waals surface area contributed by atoms with Gasteiger partial charge in [0.25, 0.3) is 11.8 Å². The van der Waals surface area contributed by atoms with Crippen molar-refractivity contribution in [2.24, 2.45) is 0 Å². The number of fused-ring (bicyclic) bond motifs is 1. The molecule has 0 saturated heterocycles. The Bertz CT molecular complexity index is 1180. The van der Waals surface area contributed by atoms with Crippen molar-refractivity contribution in [3.63, 3.8) is 0 Å². The van der Waals surface area contributed by atoms with E-state index in [9.17, 15) is 9.59 Å². The fraction of sp³-hybridized carbons (Fsp3) is 0.0833. The van der Waals surface area contributed by atoms with Crippen molar-refractivity contribution in [3.05, 3.63) is 89.5 Å². The predicted molar refractivity (Wildman–Crippen MR) is 124 cm³/mol. The Morgan fingerprint density at radius 1 is 0.909 bits per heavy atom. The molecule has 0 spiro atoms. The van der Waals surface area contributed by atoms with Gasteiger partial charge in [-0.05, 0) is 60.2 Å². The number of hydrogen-bond acceptors (Lipinski definition) is 6. The molecule has 0 unspecified atom stereocenters. The average Bonchev–Trinajstić information content (AvgIpc) is 3.30. The topological polar surface area (TPSA) is 97.9 Å². The maximum Gasteiger partial charge on any atom is 0.269 e. The van der Waals surface area contributed by atoms with Crippen LogP contribution in [0.25, 0.3) is 5.70 Å². The van der Waals surface area contributed by atoms with Crippen LogP contribution in [-0.2, 0) is 4.79 Å². The molecule has 0 saturated carbocycles. The monoisotopic (exact) mass is 465 g/mol. The van der Waals surface area contributed by atoms with Crippen LogP contribution in [0.1, 0.15) is 15.9 Å². The van der Waals surface area contributed by atoms with Crippen LogP contribution in [0.4, 0.5) is 5.69 Å². The number of amides is 2. The van der Waals surface area contributed by atoms with Crippen LogP contribution in [0, 0.1) is 0 Å². The van der Waals surface area contributed by atoms with Gasteiger partial charge in [-0.25, -0.2) is 0 Å². The minimum atomic E-state index is -0.348. The van der Waals surface area contributed by atoms with E-state index >= 15 is 0 Å². The van der Waals surface area contributed by atoms with E-state index in [-0.39, 0.29) is 25.2 Å². The third-order valence-electron chi connectivity index (χ3n) is 4.66. The van der Waals surface area contributed by atoms with E-state index < -0.39 is 0 Å². The van der Waals surface area contributed by atoms with Gasteiger partial charge in [0.2, 0.25) is 6.79 Å². The number of nitrogens with one attached hydrogen (secondary N) is 3. The van der Waals surface area contributed by atoms with E-state index in [2.05, 4.69) is 22.7 Å². The first-order valence-electron chi connectivity index (χ1n) is 9.91. The van der Waals surface area contributed by atoms with Gasteiger partial charge in [-0.2, -0.15) is 0 Å². The van der Waals surface area contributed by atoms with E-state index in [0.717, 1.165) is 5.56 Å². The Morgan fingerprint density at radius 2 is 1.61 bits per heavy atom. The van der Waals surface area contributed by atoms with Gasteiger partial charge in [-0.3, -0.25) is 20.4 Å². The molecule has 1 heterocycles. The maximum atomic E-state index is 12.4. The molecule has 8 nitrogen and oxygen atoms in total. The van der Waals surface area contributed by atoms with Crippen molar-refractivity contribution in [1.82, 2.24) is 10.9 Å². The summed E-state index contributed by atoms with van der Waals surface area (Å²) in [6, 6.07) is 18.7. The van der Waals surface area contributed by atoms with E-state index in [0.29, 0.717) is 39.2 Å². The molecule has 0 bridgehead atoms. The van der Waals surface area contributed by atoms with E-state index in [1.807, 2.05) is 0 Å². The third kappa shape index (κ3) is 5.75. The smallest absolute Gasteiger partial charge is 0.269 e. The van der Waals surface area contributed by atoms with E-state index in [4.69, 9.17) is 25.8 Å². The van der Waals surface area contributed by atoms with Crippen LogP contribution in [-0.4, -0.2) is 25.2 Å². The van der Waals surface area contributed by atoms with Crippen molar-refractivity contribution < 1.29 is 23.8 Å². The SMILES string of the molecule is C=C(NNC(=O)c1ccc2c(c1)OCO2)c1ccc(NC(=O)COc2ccc(Cl)cc2)cc1. The van der Waals surface area contributed by atoms with Crippen molar-refractivity contribution in [1.29, 1.82) is 0 Å². The minimum absolute atomic E-state index is 0.135. The Hall–Kier alpha value is -4.17. The fourth-order valence-corrected chi connectivity index (χ4v) is 3.07. The van der Waals surface area contributed by atoms with Gasteiger partial charge in [-0.15, -0.1) is 0 Å². The van der Waals surface area contributed by atoms with Gasteiger partial charge in [0.05, 0.1) is 5.70 Å². The number of rotatable bonds is 8. The van der Waals surface area contributed by atoms with Crippen molar-refractivity contribution in [2.45, 2.75) is 0 Å². The molecule has 0 fully saturated rings. The van der Waals surface area contributed by atoms with Crippen molar-refractivity contribution in [2.75, 3.05) is 18.7 Å². The van der Waals surface area contributed by atoms with E-state index in [1.54, 1.807) is 66.7 Å². The molecule has 3 aromatic carbocycles. The molecule has 0 aliphatic carbocycles. The van der Waals surface area contributed by atoms with Crippen LogP contribution in [0.5, 0.6) is 17.2 Å². The summed E-state index contributed by atoms with van der Waals surface area (Å²) in [6.45, 7) is 3.93. The Balaban J connectivity index is 1.25. The minimum Gasteiger partial charge on any atom is -0.484 e. The highest BCUT2D eigenvalue weighted by Crippen LogP contribution is 2.32. The molecular formula is C24H20ClN3O5. The first kappa shape index (κ1) is 22.0. The highest BCUT2D eigenvalue weighted by molar-refractivity contribution is 6.30. The first-order chi connectivity index (χ1) is 16.0. The summed E-state index contributed by atoms with van der Waals surface area (Å²) < 4.78 is 15.9. The number of benzene rings is 3. The number of carbonyl (C=O) groups excluding carboxylic acids is 2. The average molecular weight is 466 g/mol. The third-order valence-corrected chi connectivity index (χ3v) is 4.91. The molecular weight excluding hydrogens is 446 g/mol. The van der Waals surface area contributed by atoms with Crippen LogP contribution in [0.3, 0.4) is 0 Å². The number of hydrazine groups is 1. The molecule has 3 aromatic rings. The standard InChI is InChI=1S/C24H20ClN3O5/c1-15(27-28-24(30)17-4-11-21-22(12-17)33-14-32-21)16-2-7-19(8-3-16)26-23(29)13-31-20-9-5-18(25)6-10-20/h2-12,27H,1,13-14H2,(H,26,29)(H,28,30). The van der Waals surface area contributed by atoms with Gasteiger partial charge in [-0.1, -0.05) is 30.3 Å². The number of ether oxygens (including phenoxy) is 3. The summed E-state index contributed by atoms with van der Waals surface area (Å²) in [5.41, 5.74) is 7.60. The molecule has 1 aliphatic heterocycles. The zero-order valence-electron chi connectivity index (χ0n) is 17.4. The molecule has 2 amide bonds. The molecule has 33 heavy (non-hydrogen) atoms. The molecule has 1 aliphatic rings. The van der Waals surface area contributed by atoms with Gasteiger partial charge in [0.1, 0.15) is 5.75 Å². The molecule has 0 atom stereocenters. The lowest BCUT2D eigenvalue weighted by Crippen LogP contribution is -2.35. The number of halogens is 1. The van der Waals surface area contributed by atoms with Crippen LogP contribution < -0.4 is 30.4 Å². The number of carbonyl (C=O) groups is 2. The second kappa shape index (κ2) is 9.97. The zero-order valence-corrected chi connectivity index (χ0v) is 18.1. The second-order valence-electron chi connectivity index (χ2n) is 6.99. The number of hydrogen-bond donors (Lipinski definition) is 3. The summed E-state index contributed by atoms with van der Waals surface area (Å²) in [5, 5.41) is 3.34. The van der Waals surface area contributed by atoms with Crippen LogP contribution >= 0.6 is 11.6 Å². The Kier molecular flexibility index (Phi) is 6.66. The van der Waals surface area contributed by atoms with Crippen LogP contribution in [0.2, 0.25) is 5.02 Å². The summed E-state index contributed by atoms with van der Waals surface area (Å²) in [5.74, 6) is 1.03. The fourth-order valence-electron chi connectivity index (χ4n) is 2.95. The molecule has 9 heteroatoms. The molecule has 0 radical (unpaired) electrons. The van der Waals surface area contributed by atoms with Crippen molar-refractivity contribution in [3.8, 4) is 17.2 Å². The highest BCUT2D eigenvalue weighted by Gasteiger charge is 2.16. The zero-order chi connectivity index (χ0) is 23.2.